The van der Waals surface area contributed by atoms with Crippen LogP contribution < -0.4 is 5.32 Å². The summed E-state index contributed by atoms with van der Waals surface area (Å²) in [5.74, 6) is -0.0639. The summed E-state index contributed by atoms with van der Waals surface area (Å²) in [6, 6.07) is 6.68. The zero-order valence-corrected chi connectivity index (χ0v) is 11.7. The van der Waals surface area contributed by atoms with Gasteiger partial charge in [-0.15, -0.1) is 0 Å². The highest BCUT2D eigenvalue weighted by Crippen LogP contribution is 2.05. The van der Waals surface area contributed by atoms with Crippen molar-refractivity contribution >= 4 is 12.2 Å². The van der Waals surface area contributed by atoms with Crippen LogP contribution in [0, 0.1) is 0 Å². The van der Waals surface area contributed by atoms with Crippen LogP contribution in [0.15, 0.2) is 24.3 Å². The Morgan fingerprint density at radius 2 is 1.74 bits per heavy atom. The number of aldehydes is 1. The maximum Gasteiger partial charge on any atom is 0.251 e. The Balaban J connectivity index is 0.00000361. The Labute approximate surface area is 116 Å². The first-order valence-electron chi connectivity index (χ1n) is 7.11. The zero-order valence-electron chi connectivity index (χ0n) is 11.7. The molecule has 1 amide bonds. The van der Waals surface area contributed by atoms with Crippen LogP contribution in [0.1, 0.15) is 67.6 Å². The average Bonchev–Trinajstić information content (AvgIpc) is 2.46. The lowest BCUT2D eigenvalue weighted by Gasteiger charge is -2.05. The van der Waals surface area contributed by atoms with E-state index in [0.717, 1.165) is 19.3 Å². The van der Waals surface area contributed by atoms with Crippen molar-refractivity contribution in [1.82, 2.24) is 5.32 Å². The van der Waals surface area contributed by atoms with Gasteiger partial charge in [0, 0.05) is 19.1 Å². The maximum atomic E-state index is 11.8. The topological polar surface area (TPSA) is 46.2 Å². The third-order valence-electron chi connectivity index (χ3n) is 3.12. The molecule has 106 valence electrons. The van der Waals surface area contributed by atoms with Crippen molar-refractivity contribution < 1.29 is 11.0 Å². The summed E-state index contributed by atoms with van der Waals surface area (Å²) in [4.78, 5) is 22.3. The molecule has 0 bridgehead atoms. The minimum absolute atomic E-state index is 0. The first-order valence-corrected chi connectivity index (χ1v) is 7.11. The molecule has 0 atom stereocenters. The fourth-order valence-electron chi connectivity index (χ4n) is 1.92. The molecule has 0 aromatic heterocycles. The number of unbranched alkanes of at least 4 members (excludes halogenated alkanes) is 5. The molecule has 0 aliphatic carbocycles. The number of benzene rings is 1. The quantitative estimate of drug-likeness (QED) is 0.543. The van der Waals surface area contributed by atoms with E-state index >= 15 is 0 Å². The summed E-state index contributed by atoms with van der Waals surface area (Å²) < 4.78 is 0. The highest BCUT2D eigenvalue weighted by Gasteiger charge is 2.03. The van der Waals surface area contributed by atoms with Crippen LogP contribution in [0.4, 0.5) is 0 Å². The number of hydrogen-bond acceptors (Lipinski definition) is 2. The normalized spacial score (nSPS) is 10.2. The van der Waals surface area contributed by atoms with Crippen molar-refractivity contribution in [3.8, 4) is 0 Å². The monoisotopic (exact) mass is 263 g/mol. The van der Waals surface area contributed by atoms with Crippen LogP contribution in [0.2, 0.25) is 0 Å². The van der Waals surface area contributed by atoms with Crippen molar-refractivity contribution in [2.24, 2.45) is 0 Å². The van der Waals surface area contributed by atoms with E-state index in [1.54, 1.807) is 24.3 Å². The molecule has 0 saturated carbocycles. The number of amides is 1. The van der Waals surface area contributed by atoms with E-state index in [4.69, 9.17) is 0 Å². The molecule has 1 aromatic rings. The number of carbonyl (C=O) groups excluding carboxylic acids is 2. The second kappa shape index (κ2) is 9.31. The lowest BCUT2D eigenvalue weighted by Crippen LogP contribution is -2.24. The highest BCUT2D eigenvalue weighted by atomic mass is 16.1. The van der Waals surface area contributed by atoms with Gasteiger partial charge >= 0.3 is 0 Å². The summed E-state index contributed by atoms with van der Waals surface area (Å²) in [5.41, 5.74) is 1.20. The molecule has 0 heterocycles. The molecule has 1 aromatic carbocycles. The molecular weight excluding hydrogens is 238 g/mol. The summed E-state index contributed by atoms with van der Waals surface area (Å²) in [6.07, 6.45) is 8.07. The molecule has 0 radical (unpaired) electrons. The van der Waals surface area contributed by atoms with Crippen molar-refractivity contribution in [1.29, 1.82) is 0 Å². The van der Waals surface area contributed by atoms with Crippen LogP contribution in [0.5, 0.6) is 0 Å². The summed E-state index contributed by atoms with van der Waals surface area (Å²) >= 11 is 0. The third-order valence-corrected chi connectivity index (χ3v) is 3.12. The van der Waals surface area contributed by atoms with Crippen LogP contribution in [0.25, 0.3) is 0 Å². The predicted octanol–water partition coefficient (Wildman–Crippen LogP) is 3.84. The van der Waals surface area contributed by atoms with Gasteiger partial charge in [0.15, 0.2) is 0 Å². The Morgan fingerprint density at radius 3 is 2.37 bits per heavy atom. The molecule has 3 heteroatoms. The minimum atomic E-state index is -0.0639. The first kappa shape index (κ1) is 15.4. The van der Waals surface area contributed by atoms with Gasteiger partial charge in [-0.3, -0.25) is 9.59 Å². The molecule has 19 heavy (non-hydrogen) atoms. The zero-order chi connectivity index (χ0) is 13.9. The maximum absolute atomic E-state index is 11.8. The van der Waals surface area contributed by atoms with E-state index in [2.05, 4.69) is 12.2 Å². The smallest absolute Gasteiger partial charge is 0.251 e. The second-order valence-corrected chi connectivity index (χ2v) is 4.76. The van der Waals surface area contributed by atoms with Crippen LogP contribution in [-0.2, 0) is 0 Å². The van der Waals surface area contributed by atoms with Crippen molar-refractivity contribution in [2.75, 3.05) is 6.54 Å². The molecule has 3 nitrogen and oxygen atoms in total. The van der Waals surface area contributed by atoms with E-state index in [0.29, 0.717) is 11.1 Å². The first-order chi connectivity index (χ1) is 9.27. The van der Waals surface area contributed by atoms with Crippen LogP contribution >= 0.6 is 0 Å². The van der Waals surface area contributed by atoms with E-state index in [1.807, 2.05) is 0 Å². The van der Waals surface area contributed by atoms with Crippen LogP contribution in [-0.4, -0.2) is 18.7 Å². The Morgan fingerprint density at radius 1 is 1.11 bits per heavy atom. The van der Waals surface area contributed by atoms with E-state index in [1.165, 1.54) is 32.1 Å². The van der Waals surface area contributed by atoms with Crippen LogP contribution in [0.3, 0.4) is 0 Å². The fraction of sp³-hybridized carbons (Fsp3) is 0.500. The van der Waals surface area contributed by atoms with Crippen molar-refractivity contribution in [2.45, 2.75) is 45.4 Å². The average molecular weight is 263 g/mol. The molecule has 0 fully saturated rings. The molecule has 0 unspecified atom stereocenters. The third kappa shape index (κ3) is 6.18. The fourth-order valence-corrected chi connectivity index (χ4v) is 1.92. The van der Waals surface area contributed by atoms with E-state index < -0.39 is 0 Å². The van der Waals surface area contributed by atoms with Gasteiger partial charge in [0.2, 0.25) is 0 Å². The summed E-state index contributed by atoms with van der Waals surface area (Å²) in [6.45, 7) is 2.93. The summed E-state index contributed by atoms with van der Waals surface area (Å²) in [7, 11) is 0. The standard InChI is InChI=1S/C16H23NO2.H2/c1-2-3-4-5-6-7-12-17-16(19)15-10-8-14(13-18)9-11-15;/h8-11,13H,2-7,12H2,1H3,(H,17,19);1H. The molecular formula is C16H25NO2. The number of rotatable bonds is 9. The van der Waals surface area contributed by atoms with Gasteiger partial charge in [-0.1, -0.05) is 51.2 Å². The largest absolute Gasteiger partial charge is 0.352 e. The molecule has 1 rings (SSSR count). The predicted molar refractivity (Wildman–Crippen MR) is 79.7 cm³/mol. The second-order valence-electron chi connectivity index (χ2n) is 4.76. The molecule has 1 N–H and O–H groups in total. The molecule has 0 aliphatic rings. The van der Waals surface area contributed by atoms with Gasteiger partial charge < -0.3 is 5.32 Å². The number of hydrogen-bond donors (Lipinski definition) is 1. The SMILES string of the molecule is CCCCCCCCNC(=O)c1ccc(C=O)cc1.[HH]. The lowest BCUT2D eigenvalue weighted by molar-refractivity contribution is 0.0952. The van der Waals surface area contributed by atoms with Gasteiger partial charge in [0.25, 0.3) is 5.91 Å². The van der Waals surface area contributed by atoms with Crippen molar-refractivity contribution in [3.05, 3.63) is 35.4 Å². The van der Waals surface area contributed by atoms with Gasteiger partial charge in [0.1, 0.15) is 6.29 Å². The molecule has 0 aliphatic heterocycles. The Bertz CT molecular complexity index is 390. The van der Waals surface area contributed by atoms with Gasteiger partial charge in [-0.25, -0.2) is 0 Å². The van der Waals surface area contributed by atoms with Gasteiger partial charge in [-0.05, 0) is 18.6 Å². The van der Waals surface area contributed by atoms with Crippen molar-refractivity contribution in [3.63, 3.8) is 0 Å². The molecule has 0 spiro atoms. The minimum Gasteiger partial charge on any atom is -0.352 e. The summed E-state index contributed by atoms with van der Waals surface area (Å²) in [5, 5.41) is 2.90. The lowest BCUT2D eigenvalue weighted by atomic mass is 10.1. The Kier molecular flexibility index (Phi) is 7.56. The number of carbonyl (C=O) groups is 2. The molecule has 0 saturated heterocycles. The van der Waals surface area contributed by atoms with Gasteiger partial charge in [-0.2, -0.15) is 0 Å². The van der Waals surface area contributed by atoms with E-state index in [9.17, 15) is 9.59 Å². The van der Waals surface area contributed by atoms with E-state index in [-0.39, 0.29) is 7.33 Å². The van der Waals surface area contributed by atoms with Gasteiger partial charge in [0.05, 0.1) is 0 Å². The number of nitrogens with one attached hydrogen (secondary N) is 1. The highest BCUT2D eigenvalue weighted by molar-refractivity contribution is 5.94. The Hall–Kier alpha value is -1.64.